The molecule has 3 heterocycles. The highest BCUT2D eigenvalue weighted by Gasteiger charge is 2.31. The first-order valence-corrected chi connectivity index (χ1v) is 10.1. The van der Waals surface area contributed by atoms with Crippen molar-refractivity contribution in [3.63, 3.8) is 0 Å². The Morgan fingerprint density at radius 3 is 2.82 bits per heavy atom. The summed E-state index contributed by atoms with van der Waals surface area (Å²) < 4.78 is 2.03. The quantitative estimate of drug-likeness (QED) is 0.798. The van der Waals surface area contributed by atoms with E-state index in [1.165, 1.54) is 29.7 Å². The van der Waals surface area contributed by atoms with E-state index in [1.807, 2.05) is 29.3 Å². The number of hydrogen-bond acceptors (Lipinski definition) is 4. The van der Waals surface area contributed by atoms with Crippen LogP contribution in [0.25, 0.3) is 11.1 Å². The molecule has 1 saturated heterocycles. The van der Waals surface area contributed by atoms with Crippen LogP contribution in [0.15, 0.2) is 24.7 Å². The van der Waals surface area contributed by atoms with E-state index < -0.39 is 6.04 Å². The van der Waals surface area contributed by atoms with Gasteiger partial charge in [-0.05, 0) is 50.3 Å². The third-order valence-corrected chi connectivity index (χ3v) is 5.73. The molecule has 2 fully saturated rings. The summed E-state index contributed by atoms with van der Waals surface area (Å²) in [5, 5.41) is 7.58. The number of aromatic nitrogens is 3. The number of aryl methyl sites for hydroxylation is 1. The third kappa shape index (κ3) is 3.66. The molecule has 1 aliphatic heterocycles. The van der Waals surface area contributed by atoms with Gasteiger partial charge in [-0.3, -0.25) is 19.3 Å². The molecular formula is C21H27N5O2. The second-order valence-corrected chi connectivity index (χ2v) is 7.79. The molecule has 7 nitrogen and oxygen atoms in total. The summed E-state index contributed by atoms with van der Waals surface area (Å²) >= 11 is 0. The van der Waals surface area contributed by atoms with Crippen molar-refractivity contribution in [3.05, 3.63) is 35.9 Å². The molecule has 1 atom stereocenters. The molecule has 1 N–H and O–H groups in total. The van der Waals surface area contributed by atoms with Crippen LogP contribution in [-0.4, -0.2) is 50.6 Å². The van der Waals surface area contributed by atoms with Crippen LogP contribution < -0.4 is 5.32 Å². The van der Waals surface area contributed by atoms with Gasteiger partial charge in [-0.2, -0.15) is 5.10 Å². The Hall–Kier alpha value is -2.70. The summed E-state index contributed by atoms with van der Waals surface area (Å²) in [6.07, 6.45) is 9.39. The van der Waals surface area contributed by atoms with Crippen LogP contribution in [0.3, 0.4) is 0 Å². The van der Waals surface area contributed by atoms with Gasteiger partial charge in [-0.1, -0.05) is 0 Å². The molecule has 4 rings (SSSR count). The van der Waals surface area contributed by atoms with Crippen molar-refractivity contribution >= 4 is 11.8 Å². The van der Waals surface area contributed by atoms with Gasteiger partial charge in [0.1, 0.15) is 6.04 Å². The average Bonchev–Trinajstić information content (AvgIpc) is 3.30. The molecule has 2 amide bonds. The molecule has 0 radical (unpaired) electrons. The third-order valence-electron chi connectivity index (χ3n) is 5.73. The number of pyridine rings is 1. The van der Waals surface area contributed by atoms with Crippen LogP contribution in [-0.2, 0) is 16.1 Å². The van der Waals surface area contributed by atoms with Crippen molar-refractivity contribution in [3.8, 4) is 11.1 Å². The lowest BCUT2D eigenvalue weighted by Crippen LogP contribution is -2.46. The first kappa shape index (κ1) is 18.7. The molecule has 0 bridgehead atoms. The number of carbonyl (C=O) groups is 2. The maximum absolute atomic E-state index is 12.4. The van der Waals surface area contributed by atoms with Crippen molar-refractivity contribution < 1.29 is 9.59 Å². The lowest BCUT2D eigenvalue weighted by Gasteiger charge is -2.23. The molecule has 2 aliphatic rings. The fourth-order valence-electron chi connectivity index (χ4n) is 4.00. The normalized spacial score (nSPS) is 17.8. The lowest BCUT2D eigenvalue weighted by molar-refractivity contribution is -0.136. The molecular weight excluding hydrogens is 354 g/mol. The number of hydrogen-bond donors (Lipinski definition) is 1. The Kier molecular flexibility index (Phi) is 5.15. The zero-order valence-electron chi connectivity index (χ0n) is 16.5. The molecule has 148 valence electrons. The van der Waals surface area contributed by atoms with Crippen LogP contribution in [0.5, 0.6) is 0 Å². The molecule has 7 heteroatoms. The van der Waals surface area contributed by atoms with Gasteiger partial charge in [0.2, 0.25) is 11.8 Å². The second-order valence-electron chi connectivity index (χ2n) is 7.79. The zero-order valence-corrected chi connectivity index (χ0v) is 16.5. The topological polar surface area (TPSA) is 80.1 Å². The van der Waals surface area contributed by atoms with E-state index >= 15 is 0 Å². The lowest BCUT2D eigenvalue weighted by atomic mass is 10.0. The van der Waals surface area contributed by atoms with E-state index in [1.54, 1.807) is 11.8 Å². The monoisotopic (exact) mass is 381 g/mol. The molecule has 2 aromatic heterocycles. The first-order valence-electron chi connectivity index (χ1n) is 10.1. The number of likely N-dealkylation sites (tertiary alicyclic amines) is 1. The fraction of sp³-hybridized carbons (Fsp3) is 0.524. The first-order chi connectivity index (χ1) is 13.6. The number of rotatable bonds is 7. The van der Waals surface area contributed by atoms with Crippen molar-refractivity contribution in [2.75, 3.05) is 13.1 Å². The van der Waals surface area contributed by atoms with Crippen LogP contribution in [0.2, 0.25) is 0 Å². The van der Waals surface area contributed by atoms with Gasteiger partial charge in [0.15, 0.2) is 0 Å². The van der Waals surface area contributed by atoms with E-state index in [2.05, 4.69) is 22.3 Å². The Morgan fingerprint density at radius 2 is 2.14 bits per heavy atom. The van der Waals surface area contributed by atoms with E-state index in [0.29, 0.717) is 32.0 Å². The van der Waals surface area contributed by atoms with Crippen molar-refractivity contribution in [2.24, 2.45) is 0 Å². The largest absolute Gasteiger partial charge is 0.352 e. The van der Waals surface area contributed by atoms with Crippen LogP contribution in [0, 0.1) is 6.92 Å². The average molecular weight is 381 g/mol. The minimum absolute atomic E-state index is 0.0723. The molecule has 0 spiro atoms. The summed E-state index contributed by atoms with van der Waals surface area (Å²) in [4.78, 5) is 30.1. The summed E-state index contributed by atoms with van der Waals surface area (Å²) in [7, 11) is 0. The zero-order chi connectivity index (χ0) is 19.7. The Labute approximate surface area is 165 Å². The molecule has 1 saturated carbocycles. The highest BCUT2D eigenvalue weighted by Crippen LogP contribution is 2.44. The number of carbonyl (C=O) groups excluding carboxylic acids is 2. The predicted molar refractivity (Wildman–Crippen MR) is 106 cm³/mol. The molecule has 1 aliphatic carbocycles. The summed E-state index contributed by atoms with van der Waals surface area (Å²) in [6, 6.07) is 1.63. The van der Waals surface area contributed by atoms with Gasteiger partial charge in [-0.15, -0.1) is 0 Å². The second kappa shape index (κ2) is 7.73. The molecule has 0 aromatic carbocycles. The fourth-order valence-corrected chi connectivity index (χ4v) is 4.00. The van der Waals surface area contributed by atoms with Gasteiger partial charge in [0.25, 0.3) is 0 Å². The minimum atomic E-state index is -0.412. The van der Waals surface area contributed by atoms with Crippen LogP contribution in [0.1, 0.15) is 49.8 Å². The van der Waals surface area contributed by atoms with Gasteiger partial charge >= 0.3 is 0 Å². The summed E-state index contributed by atoms with van der Waals surface area (Å²) in [6.45, 7) is 5.67. The number of nitrogens with one attached hydrogen (secondary N) is 1. The highest BCUT2D eigenvalue weighted by molar-refractivity contribution is 5.88. The maximum Gasteiger partial charge on any atom is 0.242 e. The molecule has 28 heavy (non-hydrogen) atoms. The summed E-state index contributed by atoms with van der Waals surface area (Å²) in [5.41, 5.74) is 4.74. The van der Waals surface area contributed by atoms with Crippen LogP contribution >= 0.6 is 0 Å². The Balaban J connectivity index is 1.42. The van der Waals surface area contributed by atoms with Gasteiger partial charge in [0, 0.05) is 49.1 Å². The van der Waals surface area contributed by atoms with Gasteiger partial charge in [-0.25, -0.2) is 0 Å². The Morgan fingerprint density at radius 1 is 1.32 bits per heavy atom. The van der Waals surface area contributed by atoms with Crippen molar-refractivity contribution in [2.45, 2.75) is 58.0 Å². The molecule has 2 aromatic rings. The van der Waals surface area contributed by atoms with E-state index in [-0.39, 0.29) is 11.8 Å². The van der Waals surface area contributed by atoms with Crippen molar-refractivity contribution in [1.82, 2.24) is 25.0 Å². The summed E-state index contributed by atoms with van der Waals surface area (Å²) in [5.74, 6) is 0.519. The smallest absolute Gasteiger partial charge is 0.242 e. The predicted octanol–water partition coefficient (Wildman–Crippen LogP) is 2.26. The van der Waals surface area contributed by atoms with E-state index in [0.717, 1.165) is 12.0 Å². The molecule has 0 unspecified atom stereocenters. The van der Waals surface area contributed by atoms with E-state index in [9.17, 15) is 9.59 Å². The van der Waals surface area contributed by atoms with Gasteiger partial charge < -0.3 is 10.2 Å². The van der Waals surface area contributed by atoms with Crippen LogP contribution in [0.4, 0.5) is 0 Å². The SMILES string of the molecule is Cc1cnccc1-c1cnn(CCNC(=O)[C@@H](C)N2CCCC2=O)c1C1CC1. The van der Waals surface area contributed by atoms with E-state index in [4.69, 9.17) is 0 Å². The van der Waals surface area contributed by atoms with Gasteiger partial charge in [0.05, 0.1) is 12.7 Å². The maximum atomic E-state index is 12.4. The standard InChI is InChI=1S/C21H27N5O2/c1-14-12-22-8-7-17(14)18-13-24-26(20(18)16-5-6-16)11-9-23-21(28)15(2)25-10-3-4-19(25)27/h7-8,12-13,15-16H,3-6,9-11H2,1-2H3,(H,23,28)/t15-/m1/s1. The minimum Gasteiger partial charge on any atom is -0.352 e. The number of amides is 2. The van der Waals surface area contributed by atoms with Crippen molar-refractivity contribution in [1.29, 1.82) is 0 Å². The number of nitrogens with zero attached hydrogens (tertiary/aromatic N) is 4. The highest BCUT2D eigenvalue weighted by atomic mass is 16.2. The Bertz CT molecular complexity index is 887.